The lowest BCUT2D eigenvalue weighted by molar-refractivity contribution is 0.0739. The molecule has 1 aliphatic rings. The molecule has 2 N–H and O–H groups in total. The Morgan fingerprint density at radius 1 is 1.63 bits per heavy atom. The minimum atomic E-state index is 0.0739. The number of nitrogens with zero attached hydrogens (tertiary/aromatic N) is 2. The third kappa shape index (κ3) is 1.98. The van der Waals surface area contributed by atoms with E-state index in [1.54, 1.807) is 6.20 Å². The summed E-state index contributed by atoms with van der Waals surface area (Å²) in [5.41, 5.74) is 7.38. The molecular weight excluding hydrogens is 258 g/mol. The number of aromatic nitrogens is 1. The van der Waals surface area contributed by atoms with Crippen LogP contribution in [-0.2, 0) is 0 Å². The third-order valence-corrected chi connectivity index (χ3v) is 4.93. The highest BCUT2D eigenvalue weighted by Gasteiger charge is 2.30. The van der Waals surface area contributed by atoms with Crippen LogP contribution in [-0.4, -0.2) is 28.4 Å². The van der Waals surface area contributed by atoms with E-state index in [2.05, 4.69) is 11.9 Å². The number of nitrogen functional groups attached to an aromatic ring is 1. The molecular formula is C14H17N3OS. The summed E-state index contributed by atoms with van der Waals surface area (Å²) in [5.74, 6) is 0.0739. The maximum atomic E-state index is 12.6. The number of hydrogen-bond acceptors (Lipinski definition) is 4. The Balaban J connectivity index is 2.00. The molecule has 2 aromatic heterocycles. The Hall–Kier alpha value is -1.62. The average Bonchev–Trinajstić information content (AvgIpc) is 3.03. The number of amides is 1. The average molecular weight is 275 g/mol. The quantitative estimate of drug-likeness (QED) is 0.916. The number of thiophene rings is 1. The molecule has 1 atom stereocenters. The summed E-state index contributed by atoms with van der Waals surface area (Å²) in [6.07, 6.45) is 4.91. The number of likely N-dealkylation sites (tertiary alicyclic amines) is 1. The first-order valence-electron chi connectivity index (χ1n) is 6.66. The standard InChI is InChI=1S/C14H17N3OS/c1-2-9-5-4-8-17(9)14(18)13-11(15)12-10(19-13)6-3-7-16-12/h3,6-7,9H,2,4-5,8,15H2,1H3. The normalized spacial score (nSPS) is 19.2. The molecule has 1 saturated heterocycles. The molecule has 19 heavy (non-hydrogen) atoms. The van der Waals surface area contributed by atoms with E-state index in [4.69, 9.17) is 5.73 Å². The van der Waals surface area contributed by atoms with E-state index >= 15 is 0 Å². The fourth-order valence-electron chi connectivity index (χ4n) is 2.76. The highest BCUT2D eigenvalue weighted by atomic mass is 32.1. The summed E-state index contributed by atoms with van der Waals surface area (Å²) in [4.78, 5) is 19.5. The number of anilines is 1. The van der Waals surface area contributed by atoms with Gasteiger partial charge >= 0.3 is 0 Å². The van der Waals surface area contributed by atoms with Crippen molar-refractivity contribution in [1.82, 2.24) is 9.88 Å². The van der Waals surface area contributed by atoms with Crippen LogP contribution in [0.3, 0.4) is 0 Å². The Morgan fingerprint density at radius 3 is 3.21 bits per heavy atom. The molecule has 1 amide bonds. The molecule has 100 valence electrons. The summed E-state index contributed by atoms with van der Waals surface area (Å²) in [6.45, 7) is 2.98. The summed E-state index contributed by atoms with van der Waals surface area (Å²) in [6, 6.07) is 4.20. The van der Waals surface area contributed by atoms with Crippen molar-refractivity contribution < 1.29 is 4.79 Å². The number of fused-ring (bicyclic) bond motifs is 1. The van der Waals surface area contributed by atoms with Crippen LogP contribution in [0.5, 0.6) is 0 Å². The number of hydrogen-bond donors (Lipinski definition) is 1. The minimum absolute atomic E-state index is 0.0739. The first kappa shape index (κ1) is 12.4. The van der Waals surface area contributed by atoms with Gasteiger partial charge in [0.1, 0.15) is 10.4 Å². The molecule has 0 aromatic carbocycles. The van der Waals surface area contributed by atoms with Crippen LogP contribution in [0.25, 0.3) is 10.2 Å². The van der Waals surface area contributed by atoms with Crippen molar-refractivity contribution in [1.29, 1.82) is 0 Å². The number of rotatable bonds is 2. The van der Waals surface area contributed by atoms with Gasteiger partial charge in [-0.2, -0.15) is 0 Å². The van der Waals surface area contributed by atoms with E-state index in [9.17, 15) is 4.79 Å². The highest BCUT2D eigenvalue weighted by Crippen LogP contribution is 2.34. The smallest absolute Gasteiger partial charge is 0.266 e. The number of carbonyl (C=O) groups excluding carboxylic acids is 1. The Morgan fingerprint density at radius 2 is 2.47 bits per heavy atom. The van der Waals surface area contributed by atoms with Crippen molar-refractivity contribution in [3.63, 3.8) is 0 Å². The molecule has 4 nitrogen and oxygen atoms in total. The lowest BCUT2D eigenvalue weighted by Crippen LogP contribution is -2.34. The van der Waals surface area contributed by atoms with Crippen molar-refractivity contribution in [3.05, 3.63) is 23.2 Å². The fourth-order valence-corrected chi connectivity index (χ4v) is 3.80. The third-order valence-electron chi connectivity index (χ3n) is 3.79. The van der Waals surface area contributed by atoms with Crippen LogP contribution >= 0.6 is 11.3 Å². The molecule has 0 bridgehead atoms. The van der Waals surface area contributed by atoms with Gasteiger partial charge in [-0.15, -0.1) is 11.3 Å². The van der Waals surface area contributed by atoms with Gasteiger partial charge in [-0.25, -0.2) is 0 Å². The molecule has 0 saturated carbocycles. The second-order valence-corrected chi connectivity index (χ2v) is 5.95. The van der Waals surface area contributed by atoms with E-state index in [1.165, 1.54) is 11.3 Å². The predicted molar refractivity (Wildman–Crippen MR) is 78.4 cm³/mol. The molecule has 0 spiro atoms. The SMILES string of the molecule is CCC1CCCN1C(=O)c1sc2cccnc2c1N. The molecule has 3 heterocycles. The van der Waals surface area contributed by atoms with Gasteiger partial charge in [-0.05, 0) is 31.4 Å². The zero-order valence-corrected chi connectivity index (χ0v) is 11.7. The van der Waals surface area contributed by atoms with Crippen molar-refractivity contribution in [2.45, 2.75) is 32.2 Å². The second-order valence-electron chi connectivity index (χ2n) is 4.90. The summed E-state index contributed by atoms with van der Waals surface area (Å²) < 4.78 is 0.982. The zero-order valence-electron chi connectivity index (χ0n) is 10.9. The monoisotopic (exact) mass is 275 g/mol. The van der Waals surface area contributed by atoms with Crippen LogP contribution < -0.4 is 5.73 Å². The van der Waals surface area contributed by atoms with Gasteiger partial charge in [-0.3, -0.25) is 9.78 Å². The number of nitrogens with two attached hydrogens (primary N) is 1. The van der Waals surface area contributed by atoms with E-state index < -0.39 is 0 Å². The topological polar surface area (TPSA) is 59.2 Å². The predicted octanol–water partition coefficient (Wildman–Crippen LogP) is 2.89. The number of carbonyl (C=O) groups is 1. The number of pyridine rings is 1. The highest BCUT2D eigenvalue weighted by molar-refractivity contribution is 7.21. The first-order chi connectivity index (χ1) is 9.22. The Bertz CT molecular complexity index is 622. The van der Waals surface area contributed by atoms with E-state index in [0.717, 1.165) is 36.0 Å². The maximum absolute atomic E-state index is 12.6. The van der Waals surface area contributed by atoms with Gasteiger partial charge in [0.15, 0.2) is 0 Å². The lowest BCUT2D eigenvalue weighted by atomic mass is 10.1. The molecule has 1 fully saturated rings. The van der Waals surface area contributed by atoms with Crippen LogP contribution in [0.1, 0.15) is 35.9 Å². The minimum Gasteiger partial charge on any atom is -0.396 e. The lowest BCUT2D eigenvalue weighted by Gasteiger charge is -2.23. The largest absolute Gasteiger partial charge is 0.396 e. The summed E-state index contributed by atoms with van der Waals surface area (Å²) >= 11 is 1.45. The van der Waals surface area contributed by atoms with Crippen molar-refractivity contribution in [2.75, 3.05) is 12.3 Å². The molecule has 1 unspecified atom stereocenters. The molecule has 1 aliphatic heterocycles. The Kier molecular flexibility index (Phi) is 3.14. The van der Waals surface area contributed by atoms with E-state index in [0.29, 0.717) is 16.6 Å². The van der Waals surface area contributed by atoms with Gasteiger partial charge in [0, 0.05) is 18.8 Å². The zero-order chi connectivity index (χ0) is 13.4. The molecule has 3 rings (SSSR count). The van der Waals surface area contributed by atoms with Gasteiger partial charge in [0.05, 0.1) is 10.4 Å². The summed E-state index contributed by atoms with van der Waals surface area (Å²) in [5, 5.41) is 0. The van der Waals surface area contributed by atoms with Crippen molar-refractivity contribution >= 4 is 33.1 Å². The van der Waals surface area contributed by atoms with Crippen molar-refractivity contribution in [2.24, 2.45) is 0 Å². The summed E-state index contributed by atoms with van der Waals surface area (Å²) in [7, 11) is 0. The Labute approximate surface area is 116 Å². The molecule has 0 aliphatic carbocycles. The van der Waals surface area contributed by atoms with Crippen LogP contribution in [0, 0.1) is 0 Å². The van der Waals surface area contributed by atoms with Gasteiger partial charge < -0.3 is 10.6 Å². The molecule has 2 aromatic rings. The van der Waals surface area contributed by atoms with Crippen LogP contribution in [0.15, 0.2) is 18.3 Å². The fraction of sp³-hybridized carbons (Fsp3) is 0.429. The van der Waals surface area contributed by atoms with Crippen LogP contribution in [0.2, 0.25) is 0 Å². The maximum Gasteiger partial charge on any atom is 0.266 e. The van der Waals surface area contributed by atoms with Gasteiger partial charge in [0.25, 0.3) is 5.91 Å². The van der Waals surface area contributed by atoms with E-state index in [1.807, 2.05) is 17.0 Å². The molecule has 5 heteroatoms. The van der Waals surface area contributed by atoms with Crippen LogP contribution in [0.4, 0.5) is 5.69 Å². The second kappa shape index (κ2) is 4.81. The van der Waals surface area contributed by atoms with Gasteiger partial charge in [0.2, 0.25) is 0 Å². The van der Waals surface area contributed by atoms with Gasteiger partial charge in [-0.1, -0.05) is 6.92 Å². The van der Waals surface area contributed by atoms with E-state index in [-0.39, 0.29) is 5.91 Å². The first-order valence-corrected chi connectivity index (χ1v) is 7.48. The molecule has 0 radical (unpaired) electrons. The van der Waals surface area contributed by atoms with Crippen molar-refractivity contribution in [3.8, 4) is 0 Å².